The standard InChI is InChI=1S/C14H22N2/c1-3-8-13(11-12-15)16(4-2)14-9-6-5-7-10-14/h1,13-14H,4-11H2,2H3. The molecule has 0 aromatic rings. The third-order valence-corrected chi connectivity index (χ3v) is 3.56. The predicted octanol–water partition coefficient (Wildman–Crippen LogP) is 2.95. The highest BCUT2D eigenvalue weighted by Crippen LogP contribution is 2.25. The first-order valence-corrected chi connectivity index (χ1v) is 6.39. The summed E-state index contributed by atoms with van der Waals surface area (Å²) in [5, 5.41) is 8.86. The molecule has 0 aromatic carbocycles. The van der Waals surface area contributed by atoms with E-state index in [1.807, 2.05) is 0 Å². The van der Waals surface area contributed by atoms with Gasteiger partial charge in [0, 0.05) is 18.5 Å². The Labute approximate surface area is 99.6 Å². The lowest BCUT2D eigenvalue weighted by Gasteiger charge is -2.38. The Kier molecular flexibility index (Phi) is 5.98. The van der Waals surface area contributed by atoms with Gasteiger partial charge in [-0.3, -0.25) is 4.90 Å². The second-order valence-corrected chi connectivity index (χ2v) is 4.55. The van der Waals surface area contributed by atoms with Crippen molar-refractivity contribution in [3.8, 4) is 18.4 Å². The monoisotopic (exact) mass is 218 g/mol. The van der Waals surface area contributed by atoms with Crippen LogP contribution in [0.25, 0.3) is 0 Å². The Morgan fingerprint density at radius 1 is 1.31 bits per heavy atom. The summed E-state index contributed by atoms with van der Waals surface area (Å²) in [4.78, 5) is 2.46. The van der Waals surface area contributed by atoms with Gasteiger partial charge in [0.1, 0.15) is 0 Å². The zero-order chi connectivity index (χ0) is 11.8. The van der Waals surface area contributed by atoms with Crippen LogP contribution in [0, 0.1) is 23.7 Å². The van der Waals surface area contributed by atoms with Crippen molar-refractivity contribution >= 4 is 0 Å². The van der Waals surface area contributed by atoms with E-state index in [1.54, 1.807) is 0 Å². The number of nitrogens with zero attached hydrogens (tertiary/aromatic N) is 2. The maximum absolute atomic E-state index is 8.86. The molecule has 0 N–H and O–H groups in total. The van der Waals surface area contributed by atoms with Crippen molar-refractivity contribution in [3.63, 3.8) is 0 Å². The van der Waals surface area contributed by atoms with Crippen LogP contribution in [0.4, 0.5) is 0 Å². The summed E-state index contributed by atoms with van der Waals surface area (Å²) in [5.41, 5.74) is 0. The zero-order valence-corrected chi connectivity index (χ0v) is 10.3. The number of hydrogen-bond acceptors (Lipinski definition) is 2. The van der Waals surface area contributed by atoms with Crippen molar-refractivity contribution in [1.29, 1.82) is 5.26 Å². The SMILES string of the molecule is C#CCC(CC#N)N(CC)C1CCCCC1. The Morgan fingerprint density at radius 3 is 2.50 bits per heavy atom. The molecule has 0 bridgehead atoms. The molecule has 88 valence electrons. The fourth-order valence-corrected chi connectivity index (χ4v) is 2.78. The van der Waals surface area contributed by atoms with Gasteiger partial charge in [-0.05, 0) is 19.4 Å². The largest absolute Gasteiger partial charge is 0.296 e. The van der Waals surface area contributed by atoms with Crippen LogP contribution < -0.4 is 0 Å². The minimum absolute atomic E-state index is 0.267. The highest BCUT2D eigenvalue weighted by atomic mass is 15.2. The molecular formula is C14H22N2. The van der Waals surface area contributed by atoms with Crippen molar-refractivity contribution in [3.05, 3.63) is 0 Å². The van der Waals surface area contributed by atoms with E-state index in [9.17, 15) is 0 Å². The zero-order valence-electron chi connectivity index (χ0n) is 10.3. The lowest BCUT2D eigenvalue weighted by atomic mass is 9.92. The van der Waals surface area contributed by atoms with Crippen molar-refractivity contribution in [2.45, 2.75) is 64.0 Å². The van der Waals surface area contributed by atoms with Gasteiger partial charge in [0.25, 0.3) is 0 Å². The fourth-order valence-electron chi connectivity index (χ4n) is 2.78. The summed E-state index contributed by atoms with van der Waals surface area (Å²) in [7, 11) is 0. The lowest BCUT2D eigenvalue weighted by molar-refractivity contribution is 0.114. The molecule has 0 spiro atoms. The first-order chi connectivity index (χ1) is 7.83. The van der Waals surface area contributed by atoms with Crippen LogP contribution in [0.1, 0.15) is 51.9 Å². The molecule has 0 saturated heterocycles. The summed E-state index contributed by atoms with van der Waals surface area (Å²) in [6.45, 7) is 3.19. The predicted molar refractivity (Wildman–Crippen MR) is 66.7 cm³/mol. The molecule has 0 radical (unpaired) electrons. The molecule has 1 aliphatic carbocycles. The molecular weight excluding hydrogens is 196 g/mol. The number of hydrogen-bond donors (Lipinski definition) is 0. The normalized spacial score (nSPS) is 19.0. The van der Waals surface area contributed by atoms with Crippen LogP contribution in [0.15, 0.2) is 0 Å². The maximum atomic E-state index is 8.86. The molecule has 1 aliphatic rings. The summed E-state index contributed by atoms with van der Waals surface area (Å²) in [6.07, 6.45) is 13.2. The lowest BCUT2D eigenvalue weighted by Crippen LogP contribution is -2.43. The second kappa shape index (κ2) is 7.31. The average molecular weight is 218 g/mol. The van der Waals surface area contributed by atoms with Crippen LogP contribution in [0.3, 0.4) is 0 Å². The molecule has 0 aliphatic heterocycles. The molecule has 1 atom stereocenters. The fraction of sp³-hybridized carbons (Fsp3) is 0.786. The summed E-state index contributed by atoms with van der Waals surface area (Å²) < 4.78 is 0. The molecule has 2 nitrogen and oxygen atoms in total. The van der Waals surface area contributed by atoms with Crippen LogP contribution in [0.2, 0.25) is 0 Å². The Hall–Kier alpha value is -0.990. The van der Waals surface area contributed by atoms with E-state index in [1.165, 1.54) is 32.1 Å². The van der Waals surface area contributed by atoms with Crippen LogP contribution >= 0.6 is 0 Å². The van der Waals surface area contributed by atoms with Gasteiger partial charge in [0.15, 0.2) is 0 Å². The summed E-state index contributed by atoms with van der Waals surface area (Å²) >= 11 is 0. The van der Waals surface area contributed by atoms with E-state index in [2.05, 4.69) is 23.8 Å². The smallest absolute Gasteiger partial charge is 0.0638 e. The van der Waals surface area contributed by atoms with Gasteiger partial charge >= 0.3 is 0 Å². The van der Waals surface area contributed by atoms with Crippen molar-refractivity contribution in [2.24, 2.45) is 0 Å². The van der Waals surface area contributed by atoms with Gasteiger partial charge in [-0.15, -0.1) is 12.3 Å². The van der Waals surface area contributed by atoms with Crippen molar-refractivity contribution in [1.82, 2.24) is 4.90 Å². The maximum Gasteiger partial charge on any atom is 0.0638 e. The first kappa shape index (κ1) is 13.1. The van der Waals surface area contributed by atoms with Gasteiger partial charge in [-0.2, -0.15) is 5.26 Å². The third-order valence-electron chi connectivity index (χ3n) is 3.56. The number of terminal acetylenes is 1. The van der Waals surface area contributed by atoms with Gasteiger partial charge in [0.2, 0.25) is 0 Å². The van der Waals surface area contributed by atoms with E-state index >= 15 is 0 Å². The van der Waals surface area contributed by atoms with Crippen molar-refractivity contribution < 1.29 is 0 Å². The molecule has 1 unspecified atom stereocenters. The topological polar surface area (TPSA) is 27.0 Å². The van der Waals surface area contributed by atoms with Gasteiger partial charge in [0.05, 0.1) is 12.5 Å². The van der Waals surface area contributed by atoms with Gasteiger partial charge in [-0.1, -0.05) is 26.2 Å². The van der Waals surface area contributed by atoms with Crippen LogP contribution in [-0.2, 0) is 0 Å². The molecule has 16 heavy (non-hydrogen) atoms. The minimum Gasteiger partial charge on any atom is -0.296 e. The Morgan fingerprint density at radius 2 is 2.00 bits per heavy atom. The Bertz CT molecular complexity index is 249. The minimum atomic E-state index is 0.267. The molecule has 1 fully saturated rings. The Balaban J connectivity index is 2.61. The third kappa shape index (κ3) is 3.54. The highest BCUT2D eigenvalue weighted by Gasteiger charge is 2.25. The van der Waals surface area contributed by atoms with Crippen LogP contribution in [0.5, 0.6) is 0 Å². The summed E-state index contributed by atoms with van der Waals surface area (Å²) in [6, 6.07) is 3.19. The number of nitriles is 1. The molecule has 1 saturated carbocycles. The van der Waals surface area contributed by atoms with Gasteiger partial charge < -0.3 is 0 Å². The van der Waals surface area contributed by atoms with E-state index < -0.39 is 0 Å². The van der Waals surface area contributed by atoms with Gasteiger partial charge in [-0.25, -0.2) is 0 Å². The molecule has 0 heterocycles. The van der Waals surface area contributed by atoms with Crippen LogP contribution in [-0.4, -0.2) is 23.5 Å². The molecule has 2 heteroatoms. The molecule has 1 rings (SSSR count). The average Bonchev–Trinajstić information content (AvgIpc) is 2.32. The number of rotatable bonds is 5. The van der Waals surface area contributed by atoms with E-state index in [4.69, 9.17) is 11.7 Å². The first-order valence-electron chi connectivity index (χ1n) is 6.39. The van der Waals surface area contributed by atoms with E-state index in [0.29, 0.717) is 18.9 Å². The summed E-state index contributed by atoms with van der Waals surface area (Å²) in [5.74, 6) is 2.71. The van der Waals surface area contributed by atoms with E-state index in [0.717, 1.165) is 6.54 Å². The van der Waals surface area contributed by atoms with E-state index in [-0.39, 0.29) is 6.04 Å². The van der Waals surface area contributed by atoms with Crippen molar-refractivity contribution in [2.75, 3.05) is 6.54 Å². The molecule has 0 aromatic heterocycles. The highest BCUT2D eigenvalue weighted by molar-refractivity contribution is 4.96. The molecule has 0 amide bonds. The quantitative estimate of drug-likeness (QED) is 0.663. The second-order valence-electron chi connectivity index (χ2n) is 4.55.